The molecule has 2 N–H and O–H groups in total. The molecular weight excluding hydrogens is 476 g/mol. The Kier molecular flexibility index (Phi) is 9.50. The first-order chi connectivity index (χ1) is 17.5. The maximum absolute atomic E-state index is 13.7. The first-order valence-electron chi connectivity index (χ1n) is 13.2. The third-order valence-corrected chi connectivity index (χ3v) is 7.60. The lowest BCUT2D eigenvalue weighted by molar-refractivity contribution is -0.154. The third-order valence-electron chi connectivity index (χ3n) is 7.60. The Bertz CT molecular complexity index is 1010. The monoisotopic (exact) mass is 516 g/mol. The summed E-state index contributed by atoms with van der Waals surface area (Å²) in [6.07, 6.45) is 4.57. The van der Waals surface area contributed by atoms with Gasteiger partial charge in [-0.1, -0.05) is 44.8 Å². The summed E-state index contributed by atoms with van der Waals surface area (Å²) in [6.45, 7) is 13.5. The molecule has 1 saturated heterocycles. The summed E-state index contributed by atoms with van der Waals surface area (Å²) in [6, 6.07) is -1.11. The highest BCUT2D eigenvalue weighted by atomic mass is 16.5. The lowest BCUT2D eigenvalue weighted by Gasteiger charge is -2.33. The number of carbonyl (C=O) groups is 4. The molecule has 1 saturated carbocycles. The quantitative estimate of drug-likeness (QED) is 0.381. The summed E-state index contributed by atoms with van der Waals surface area (Å²) in [5.74, 6) is -1.43. The standard InChI is InChI=1S/C27H40N4O6/c1-7-36-27(35)23-18(6)16(4)14-31(23)26(34)21(15(2)3)28-25(33)22(19-11-9-8-10-12-19)29-24(32)20-13-17(5)37-30-20/h13,16,18-19,21-23H,2,7-12,14H2,1,3-6H3,(H,28,33)(H,29,32)/t16-,18-,21?,22-,23-/m0/s1. The van der Waals surface area contributed by atoms with Crippen molar-refractivity contribution in [2.24, 2.45) is 17.8 Å². The van der Waals surface area contributed by atoms with Gasteiger partial charge in [-0.3, -0.25) is 14.4 Å². The van der Waals surface area contributed by atoms with Crippen molar-refractivity contribution in [2.75, 3.05) is 13.2 Å². The van der Waals surface area contributed by atoms with E-state index in [1.165, 1.54) is 11.0 Å². The van der Waals surface area contributed by atoms with Gasteiger partial charge in [0.15, 0.2) is 5.69 Å². The molecule has 1 unspecified atom stereocenters. The number of nitrogens with zero attached hydrogens (tertiary/aromatic N) is 2. The van der Waals surface area contributed by atoms with Crippen molar-refractivity contribution in [3.8, 4) is 0 Å². The van der Waals surface area contributed by atoms with Crippen LogP contribution in [-0.4, -0.2) is 65.0 Å². The number of ether oxygens (including phenoxy) is 1. The van der Waals surface area contributed by atoms with E-state index in [9.17, 15) is 19.2 Å². The van der Waals surface area contributed by atoms with Crippen LogP contribution in [0.25, 0.3) is 0 Å². The number of hydrogen-bond acceptors (Lipinski definition) is 7. The fraction of sp³-hybridized carbons (Fsp3) is 0.667. The molecule has 10 heteroatoms. The van der Waals surface area contributed by atoms with Gasteiger partial charge in [-0.15, -0.1) is 0 Å². The summed E-state index contributed by atoms with van der Waals surface area (Å²) in [4.78, 5) is 54.4. The molecule has 1 aliphatic carbocycles. The van der Waals surface area contributed by atoms with Gasteiger partial charge < -0.3 is 24.8 Å². The Morgan fingerprint density at radius 2 is 1.86 bits per heavy atom. The highest BCUT2D eigenvalue weighted by molar-refractivity contribution is 5.98. The Morgan fingerprint density at radius 3 is 2.43 bits per heavy atom. The largest absolute Gasteiger partial charge is 0.464 e. The second kappa shape index (κ2) is 12.4. The molecule has 10 nitrogen and oxygen atoms in total. The second-order valence-corrected chi connectivity index (χ2v) is 10.5. The number of aromatic nitrogens is 1. The Hall–Kier alpha value is -3.17. The highest BCUT2D eigenvalue weighted by Crippen LogP contribution is 2.32. The zero-order valence-electron chi connectivity index (χ0n) is 22.5. The van der Waals surface area contributed by atoms with Crippen LogP contribution in [0.2, 0.25) is 0 Å². The minimum atomic E-state index is -1.04. The summed E-state index contributed by atoms with van der Waals surface area (Å²) in [5, 5.41) is 9.42. The van der Waals surface area contributed by atoms with E-state index in [0.29, 0.717) is 17.9 Å². The number of likely N-dealkylation sites (tertiary alicyclic amines) is 1. The molecule has 3 amide bonds. The van der Waals surface area contributed by atoms with Crippen LogP contribution in [0.15, 0.2) is 22.7 Å². The summed E-state index contributed by atoms with van der Waals surface area (Å²) in [7, 11) is 0. The molecule has 3 rings (SSSR count). The van der Waals surface area contributed by atoms with Crippen molar-refractivity contribution < 1.29 is 28.4 Å². The lowest BCUT2D eigenvalue weighted by atomic mass is 9.83. The van der Waals surface area contributed by atoms with Crippen LogP contribution >= 0.6 is 0 Å². The molecule has 204 valence electrons. The average molecular weight is 517 g/mol. The molecule has 5 atom stereocenters. The van der Waals surface area contributed by atoms with Gasteiger partial charge in [0.2, 0.25) is 11.8 Å². The highest BCUT2D eigenvalue weighted by Gasteiger charge is 2.46. The van der Waals surface area contributed by atoms with Gasteiger partial charge in [0.05, 0.1) is 6.61 Å². The predicted octanol–water partition coefficient (Wildman–Crippen LogP) is 2.77. The third kappa shape index (κ3) is 6.59. The first-order valence-corrected chi connectivity index (χ1v) is 13.2. The Balaban J connectivity index is 1.81. The van der Waals surface area contributed by atoms with Crippen molar-refractivity contribution in [3.63, 3.8) is 0 Å². The number of aryl methyl sites for hydroxylation is 1. The molecule has 2 fully saturated rings. The van der Waals surface area contributed by atoms with Crippen molar-refractivity contribution in [1.29, 1.82) is 0 Å². The molecule has 1 aromatic rings. The maximum Gasteiger partial charge on any atom is 0.329 e. The van der Waals surface area contributed by atoms with Crippen LogP contribution in [0.3, 0.4) is 0 Å². The molecule has 0 radical (unpaired) electrons. The van der Waals surface area contributed by atoms with Crippen LogP contribution in [-0.2, 0) is 19.1 Å². The molecule has 0 aromatic carbocycles. The first kappa shape index (κ1) is 28.4. The van der Waals surface area contributed by atoms with E-state index < -0.39 is 41.8 Å². The van der Waals surface area contributed by atoms with E-state index in [1.807, 2.05) is 13.8 Å². The van der Waals surface area contributed by atoms with Crippen molar-refractivity contribution in [1.82, 2.24) is 20.7 Å². The molecule has 0 spiro atoms. The zero-order valence-corrected chi connectivity index (χ0v) is 22.5. The van der Waals surface area contributed by atoms with Crippen molar-refractivity contribution in [3.05, 3.63) is 29.7 Å². The SMILES string of the molecule is C=C(C)C(NC(=O)[C@@H](NC(=O)c1cc(C)on1)C1CCCCC1)C(=O)N1C[C@H](C)[C@H](C)[C@H]1C(=O)OCC. The van der Waals surface area contributed by atoms with Crippen molar-refractivity contribution in [2.45, 2.75) is 84.8 Å². The van der Waals surface area contributed by atoms with Crippen LogP contribution in [0.4, 0.5) is 0 Å². The van der Waals surface area contributed by atoms with Crippen LogP contribution in [0, 0.1) is 24.7 Å². The molecule has 37 heavy (non-hydrogen) atoms. The Labute approximate surface area is 218 Å². The van der Waals surface area contributed by atoms with Gasteiger partial charge in [-0.25, -0.2) is 4.79 Å². The molecular formula is C27H40N4O6. The van der Waals surface area contributed by atoms with E-state index in [1.54, 1.807) is 20.8 Å². The average Bonchev–Trinajstić information content (AvgIpc) is 3.43. The fourth-order valence-electron chi connectivity index (χ4n) is 5.33. The van der Waals surface area contributed by atoms with E-state index in [-0.39, 0.29) is 30.1 Å². The fourth-order valence-corrected chi connectivity index (χ4v) is 5.33. The van der Waals surface area contributed by atoms with Crippen LogP contribution in [0.1, 0.15) is 76.0 Å². The summed E-state index contributed by atoms with van der Waals surface area (Å²) < 4.78 is 10.3. The van der Waals surface area contributed by atoms with Gasteiger partial charge in [0.25, 0.3) is 5.91 Å². The van der Waals surface area contributed by atoms with Gasteiger partial charge in [0, 0.05) is 12.6 Å². The second-order valence-electron chi connectivity index (χ2n) is 10.5. The van der Waals surface area contributed by atoms with E-state index >= 15 is 0 Å². The van der Waals surface area contributed by atoms with Crippen LogP contribution in [0.5, 0.6) is 0 Å². The number of nitrogens with one attached hydrogen (secondary N) is 2. The minimum absolute atomic E-state index is 0.0781. The number of carbonyl (C=O) groups excluding carboxylic acids is 4. The molecule has 1 aromatic heterocycles. The minimum Gasteiger partial charge on any atom is -0.464 e. The van der Waals surface area contributed by atoms with E-state index in [4.69, 9.17) is 9.26 Å². The molecule has 2 heterocycles. The van der Waals surface area contributed by atoms with Gasteiger partial charge >= 0.3 is 5.97 Å². The number of hydrogen-bond donors (Lipinski definition) is 2. The van der Waals surface area contributed by atoms with E-state index in [0.717, 1.165) is 32.1 Å². The molecule has 1 aliphatic heterocycles. The molecule has 2 aliphatic rings. The smallest absolute Gasteiger partial charge is 0.329 e. The normalized spacial score (nSPS) is 23.7. The maximum atomic E-state index is 13.7. The van der Waals surface area contributed by atoms with Crippen LogP contribution < -0.4 is 10.6 Å². The van der Waals surface area contributed by atoms with Crippen molar-refractivity contribution >= 4 is 23.7 Å². The summed E-state index contributed by atoms with van der Waals surface area (Å²) >= 11 is 0. The zero-order chi connectivity index (χ0) is 27.3. The topological polar surface area (TPSA) is 131 Å². The van der Waals surface area contributed by atoms with E-state index in [2.05, 4.69) is 22.4 Å². The molecule has 0 bridgehead atoms. The van der Waals surface area contributed by atoms with Gasteiger partial charge in [-0.05, 0) is 56.9 Å². The lowest BCUT2D eigenvalue weighted by Crippen LogP contribution is -2.58. The van der Waals surface area contributed by atoms with Gasteiger partial charge in [-0.2, -0.15) is 0 Å². The number of rotatable bonds is 9. The predicted molar refractivity (Wildman–Crippen MR) is 136 cm³/mol. The number of esters is 1. The van der Waals surface area contributed by atoms with Gasteiger partial charge in [0.1, 0.15) is 23.9 Å². The Morgan fingerprint density at radius 1 is 1.19 bits per heavy atom. The number of amides is 3. The summed E-state index contributed by atoms with van der Waals surface area (Å²) in [5.41, 5.74) is 0.532.